The fourth-order valence-electron chi connectivity index (χ4n) is 2.01. The average Bonchev–Trinajstić information content (AvgIpc) is 2.60. The summed E-state index contributed by atoms with van der Waals surface area (Å²) in [5, 5.41) is 13.3. The maximum absolute atomic E-state index is 13.1. The minimum atomic E-state index is -1.18. The zero-order valence-electron chi connectivity index (χ0n) is 13.7. The molecule has 7 nitrogen and oxygen atoms in total. The standard InChI is InChI=1S/C18H15FN2O5/c1-12(18(23)20-15-7-2-3-8-16(15)21(24)25)26-17(22)10-9-13-5-4-6-14(19)11-13/h2-12H,1H3,(H,20,23)/b10-9+/t12-/m1/s1. The van der Waals surface area contributed by atoms with Crippen LogP contribution in [0.25, 0.3) is 6.08 Å². The number of benzene rings is 2. The van der Waals surface area contributed by atoms with Crippen LogP contribution in [-0.2, 0) is 14.3 Å². The number of carbonyl (C=O) groups is 2. The summed E-state index contributed by atoms with van der Waals surface area (Å²) in [6.07, 6.45) is 1.22. The molecular weight excluding hydrogens is 343 g/mol. The number of rotatable bonds is 6. The Kier molecular flexibility index (Phi) is 6.15. The molecule has 0 fully saturated rings. The van der Waals surface area contributed by atoms with Crippen molar-refractivity contribution in [1.82, 2.24) is 0 Å². The van der Waals surface area contributed by atoms with Crippen LogP contribution in [0.5, 0.6) is 0 Å². The molecule has 0 bridgehead atoms. The van der Waals surface area contributed by atoms with Crippen LogP contribution in [0.3, 0.4) is 0 Å². The third-order valence-electron chi connectivity index (χ3n) is 3.28. The van der Waals surface area contributed by atoms with Crippen LogP contribution in [0.4, 0.5) is 15.8 Å². The Morgan fingerprint density at radius 1 is 1.23 bits per heavy atom. The van der Waals surface area contributed by atoms with E-state index in [1.54, 1.807) is 6.07 Å². The molecule has 0 heterocycles. The SMILES string of the molecule is C[C@@H](OC(=O)/C=C/c1cccc(F)c1)C(=O)Nc1ccccc1[N+](=O)[O-]. The smallest absolute Gasteiger partial charge is 0.331 e. The van der Waals surface area contributed by atoms with Crippen molar-refractivity contribution < 1.29 is 23.6 Å². The lowest BCUT2D eigenvalue weighted by Gasteiger charge is -2.12. The first kappa shape index (κ1) is 18.8. The number of amides is 1. The van der Waals surface area contributed by atoms with Gasteiger partial charge in [0.1, 0.15) is 11.5 Å². The lowest BCUT2D eigenvalue weighted by molar-refractivity contribution is -0.383. The van der Waals surface area contributed by atoms with Gasteiger partial charge in [0.2, 0.25) is 0 Å². The Balaban J connectivity index is 1.96. The van der Waals surface area contributed by atoms with Crippen molar-refractivity contribution in [3.63, 3.8) is 0 Å². The van der Waals surface area contributed by atoms with E-state index >= 15 is 0 Å². The van der Waals surface area contributed by atoms with Gasteiger partial charge in [-0.3, -0.25) is 14.9 Å². The van der Waals surface area contributed by atoms with E-state index in [9.17, 15) is 24.1 Å². The van der Waals surface area contributed by atoms with Crippen molar-refractivity contribution >= 4 is 29.3 Å². The van der Waals surface area contributed by atoms with Crippen molar-refractivity contribution in [3.8, 4) is 0 Å². The Hall–Kier alpha value is -3.55. The van der Waals surface area contributed by atoms with E-state index in [2.05, 4.69) is 5.32 Å². The monoisotopic (exact) mass is 358 g/mol. The molecule has 2 aromatic rings. The summed E-state index contributed by atoms with van der Waals surface area (Å²) in [6.45, 7) is 1.33. The van der Waals surface area contributed by atoms with Crippen LogP contribution in [0.1, 0.15) is 12.5 Å². The van der Waals surface area contributed by atoms with Gasteiger partial charge in [-0.15, -0.1) is 0 Å². The Morgan fingerprint density at radius 2 is 1.96 bits per heavy atom. The molecule has 0 aromatic heterocycles. The van der Waals surface area contributed by atoms with Crippen LogP contribution in [0.15, 0.2) is 54.6 Å². The van der Waals surface area contributed by atoms with Crippen molar-refractivity contribution in [2.45, 2.75) is 13.0 Å². The first-order chi connectivity index (χ1) is 12.4. The van der Waals surface area contributed by atoms with Gasteiger partial charge in [-0.1, -0.05) is 24.3 Å². The number of nitrogens with zero attached hydrogens (tertiary/aromatic N) is 1. The van der Waals surface area contributed by atoms with Gasteiger partial charge >= 0.3 is 5.97 Å². The fourth-order valence-corrected chi connectivity index (χ4v) is 2.01. The highest BCUT2D eigenvalue weighted by molar-refractivity contribution is 5.98. The lowest BCUT2D eigenvalue weighted by atomic mass is 10.2. The van der Waals surface area contributed by atoms with Crippen LogP contribution in [0, 0.1) is 15.9 Å². The summed E-state index contributed by atoms with van der Waals surface area (Å²) >= 11 is 0. The molecule has 0 aliphatic carbocycles. The second kappa shape index (κ2) is 8.52. The van der Waals surface area contributed by atoms with Gasteiger partial charge in [-0.05, 0) is 36.8 Å². The molecule has 1 N–H and O–H groups in total. The summed E-state index contributed by atoms with van der Waals surface area (Å²) in [5.41, 5.74) is 0.185. The fraction of sp³-hybridized carbons (Fsp3) is 0.111. The van der Waals surface area contributed by atoms with Gasteiger partial charge in [0.15, 0.2) is 6.10 Å². The highest BCUT2D eigenvalue weighted by atomic mass is 19.1. The Labute approximate surface area is 148 Å². The number of carbonyl (C=O) groups excluding carboxylic acids is 2. The van der Waals surface area contributed by atoms with Gasteiger partial charge in [0.25, 0.3) is 11.6 Å². The van der Waals surface area contributed by atoms with E-state index in [1.165, 1.54) is 55.5 Å². The van der Waals surface area contributed by atoms with E-state index in [0.717, 1.165) is 6.08 Å². The Morgan fingerprint density at radius 3 is 2.65 bits per heavy atom. The van der Waals surface area contributed by atoms with Gasteiger partial charge < -0.3 is 10.1 Å². The summed E-state index contributed by atoms with van der Waals surface area (Å²) in [4.78, 5) is 34.1. The minimum Gasteiger partial charge on any atom is -0.449 e. The molecule has 0 saturated carbocycles. The first-order valence-electron chi connectivity index (χ1n) is 7.55. The number of halogens is 1. The molecule has 2 rings (SSSR count). The first-order valence-corrected chi connectivity index (χ1v) is 7.55. The highest BCUT2D eigenvalue weighted by Crippen LogP contribution is 2.23. The third kappa shape index (κ3) is 5.23. The number of esters is 1. The number of para-hydroxylation sites is 2. The molecule has 0 spiro atoms. The molecule has 1 amide bonds. The molecular formula is C18H15FN2O5. The number of anilines is 1. The number of nitro groups is 1. The van der Waals surface area contributed by atoms with Crippen LogP contribution in [-0.4, -0.2) is 22.9 Å². The van der Waals surface area contributed by atoms with Gasteiger partial charge in [-0.2, -0.15) is 0 Å². The summed E-state index contributed by atoms with van der Waals surface area (Å²) in [5.74, 6) is -1.97. The molecule has 134 valence electrons. The number of nitrogens with one attached hydrogen (secondary N) is 1. The van der Waals surface area contributed by atoms with E-state index in [4.69, 9.17) is 4.74 Å². The molecule has 1 atom stereocenters. The second-order valence-electron chi connectivity index (χ2n) is 5.23. The topological polar surface area (TPSA) is 98.5 Å². The van der Waals surface area contributed by atoms with Gasteiger partial charge in [0.05, 0.1) is 4.92 Å². The third-order valence-corrected chi connectivity index (χ3v) is 3.28. The predicted molar refractivity (Wildman–Crippen MR) is 92.7 cm³/mol. The molecule has 0 unspecified atom stereocenters. The maximum atomic E-state index is 13.1. The average molecular weight is 358 g/mol. The normalized spacial score (nSPS) is 11.8. The summed E-state index contributed by atoms with van der Waals surface area (Å²) in [7, 11) is 0. The zero-order chi connectivity index (χ0) is 19.1. The lowest BCUT2D eigenvalue weighted by Crippen LogP contribution is -2.29. The number of hydrogen-bond donors (Lipinski definition) is 1. The highest BCUT2D eigenvalue weighted by Gasteiger charge is 2.20. The van der Waals surface area contributed by atoms with E-state index in [-0.39, 0.29) is 11.4 Å². The van der Waals surface area contributed by atoms with Crippen molar-refractivity contribution in [3.05, 3.63) is 76.1 Å². The summed E-state index contributed by atoms with van der Waals surface area (Å²) in [6, 6.07) is 11.2. The molecule has 8 heteroatoms. The molecule has 0 saturated heterocycles. The largest absolute Gasteiger partial charge is 0.449 e. The number of nitro benzene ring substituents is 1. The molecule has 0 aliphatic rings. The van der Waals surface area contributed by atoms with Gasteiger partial charge in [-0.25, -0.2) is 9.18 Å². The predicted octanol–water partition coefficient (Wildman–Crippen LogP) is 3.32. The van der Waals surface area contributed by atoms with Crippen LogP contribution in [0.2, 0.25) is 0 Å². The molecule has 26 heavy (non-hydrogen) atoms. The summed E-state index contributed by atoms with van der Waals surface area (Å²) < 4.78 is 18.0. The molecule has 2 aromatic carbocycles. The Bertz CT molecular complexity index is 866. The quantitative estimate of drug-likeness (QED) is 0.370. The maximum Gasteiger partial charge on any atom is 0.331 e. The number of ether oxygens (including phenoxy) is 1. The van der Waals surface area contributed by atoms with Crippen LogP contribution >= 0.6 is 0 Å². The van der Waals surface area contributed by atoms with E-state index < -0.39 is 28.7 Å². The van der Waals surface area contributed by atoms with Crippen molar-refractivity contribution in [1.29, 1.82) is 0 Å². The van der Waals surface area contributed by atoms with E-state index in [0.29, 0.717) is 5.56 Å². The molecule has 0 radical (unpaired) electrons. The van der Waals surface area contributed by atoms with Crippen molar-refractivity contribution in [2.75, 3.05) is 5.32 Å². The minimum absolute atomic E-state index is 0.000650. The van der Waals surface area contributed by atoms with Crippen molar-refractivity contribution in [2.24, 2.45) is 0 Å². The zero-order valence-corrected chi connectivity index (χ0v) is 13.7. The van der Waals surface area contributed by atoms with Crippen LogP contribution < -0.4 is 5.32 Å². The number of hydrogen-bond acceptors (Lipinski definition) is 5. The van der Waals surface area contributed by atoms with Gasteiger partial charge in [0, 0.05) is 12.1 Å². The molecule has 0 aliphatic heterocycles. The second-order valence-corrected chi connectivity index (χ2v) is 5.23. The van der Waals surface area contributed by atoms with E-state index in [1.807, 2.05) is 0 Å².